The second kappa shape index (κ2) is 16.9. The minimum atomic E-state index is -5.72. The number of aryl methyl sites for hydroxylation is 1. The minimum absolute atomic E-state index is 0.00494. The van der Waals surface area contributed by atoms with E-state index < -0.39 is 59.8 Å². The fourth-order valence-electron chi connectivity index (χ4n) is 3.80. The summed E-state index contributed by atoms with van der Waals surface area (Å²) in [5.41, 5.74) is 7.04. The molecule has 0 amide bonds. The number of aromatic nitrogens is 2. The molecule has 240 valence electrons. The Bertz CT molecular complexity index is 1330. The fourth-order valence-corrected chi connectivity index (χ4v) is 6.83. The van der Waals surface area contributed by atoms with Crippen LogP contribution in [0.25, 0.3) is 10.4 Å². The number of azide groups is 1. The first-order chi connectivity index (χ1) is 19.6. The highest BCUT2D eigenvalue weighted by molar-refractivity contribution is 7.66. The summed E-state index contributed by atoms with van der Waals surface area (Å²) >= 11 is 0. The third kappa shape index (κ3) is 13.7. The smallest absolute Gasteiger partial charge is 0.355 e. The quantitative estimate of drug-likeness (QED) is 0.0334. The lowest BCUT2D eigenvalue weighted by atomic mass is 10.1. The summed E-state index contributed by atoms with van der Waals surface area (Å²) in [6.45, 7) is 1.27. The van der Waals surface area contributed by atoms with Crippen LogP contribution in [0.15, 0.2) is 20.9 Å². The first-order valence-corrected chi connectivity index (χ1v) is 17.1. The van der Waals surface area contributed by atoms with Gasteiger partial charge in [0.05, 0.1) is 12.7 Å². The average Bonchev–Trinajstić information content (AvgIpc) is 3.26. The highest BCUT2D eigenvalue weighted by Crippen LogP contribution is 2.66. The number of nitrogens with one attached hydrogen (secondary N) is 1. The van der Waals surface area contributed by atoms with Gasteiger partial charge < -0.3 is 33.8 Å². The molecule has 42 heavy (non-hydrogen) atoms. The van der Waals surface area contributed by atoms with E-state index in [1.807, 2.05) is 0 Å². The van der Waals surface area contributed by atoms with Crippen molar-refractivity contribution in [2.45, 2.75) is 70.3 Å². The van der Waals surface area contributed by atoms with Crippen molar-refractivity contribution < 1.29 is 60.6 Å². The lowest BCUT2D eigenvalue weighted by Gasteiger charge is -2.21. The van der Waals surface area contributed by atoms with E-state index in [9.17, 15) is 33.1 Å². The second-order valence-electron chi connectivity index (χ2n) is 9.04. The van der Waals surface area contributed by atoms with Gasteiger partial charge in [-0.15, -0.1) is 0 Å². The van der Waals surface area contributed by atoms with Crippen LogP contribution in [0.2, 0.25) is 0 Å². The monoisotopic (exact) mass is 665 g/mol. The van der Waals surface area contributed by atoms with E-state index in [0.29, 0.717) is 13.2 Å². The number of hydrogen-bond donors (Lipinski definition) is 5. The van der Waals surface area contributed by atoms with Crippen molar-refractivity contribution in [3.63, 3.8) is 0 Å². The molecule has 1 aliphatic rings. The van der Waals surface area contributed by atoms with E-state index in [0.717, 1.165) is 43.1 Å². The van der Waals surface area contributed by atoms with Gasteiger partial charge in [0, 0.05) is 36.2 Å². The molecule has 1 fully saturated rings. The van der Waals surface area contributed by atoms with Crippen LogP contribution in [0, 0.1) is 6.92 Å². The molecule has 0 aromatic carbocycles. The Kier molecular flexibility index (Phi) is 14.7. The molecule has 0 aliphatic carbocycles. The summed E-state index contributed by atoms with van der Waals surface area (Å²) in [6.07, 6.45) is 3.51. The van der Waals surface area contributed by atoms with E-state index in [1.165, 1.54) is 13.1 Å². The standard InChI is InChI=1S/C19H34N5O15P3/c1-14-11-24(19(26)22-18(14)25)17-10-15(35-13-34-9-7-5-3-2-4-6-8-21-23-20)16(37-17)12-36-41(30,31)39-42(32,33)38-40(27,28)29/h11,15-17H,2-10,12-13H2,1H3,(H,30,31)(H,32,33)(H,22,25,26)(H2,27,28,29)/t15-,16+,17+/m0/s1. The summed E-state index contributed by atoms with van der Waals surface area (Å²) in [6, 6.07) is 0. The lowest BCUT2D eigenvalue weighted by molar-refractivity contribution is -0.118. The highest BCUT2D eigenvalue weighted by Gasteiger charge is 2.43. The predicted octanol–water partition coefficient (Wildman–Crippen LogP) is 2.49. The van der Waals surface area contributed by atoms with Crippen LogP contribution < -0.4 is 11.2 Å². The molecule has 20 nitrogen and oxygen atoms in total. The third-order valence-electron chi connectivity index (χ3n) is 5.68. The molecule has 0 bridgehead atoms. The van der Waals surface area contributed by atoms with Crippen LogP contribution in [-0.4, -0.2) is 67.9 Å². The zero-order valence-corrected chi connectivity index (χ0v) is 25.2. The lowest BCUT2D eigenvalue weighted by Crippen LogP contribution is -2.33. The number of hydrogen-bond acceptors (Lipinski definition) is 12. The Balaban J connectivity index is 1.94. The predicted molar refractivity (Wildman–Crippen MR) is 142 cm³/mol. The van der Waals surface area contributed by atoms with Gasteiger partial charge in [-0.2, -0.15) is 8.62 Å². The maximum Gasteiger partial charge on any atom is 0.490 e. The molecule has 2 unspecified atom stereocenters. The maximum atomic E-state index is 12.3. The Hall–Kier alpha value is -1.72. The number of H-pyrrole nitrogens is 1. The van der Waals surface area contributed by atoms with Gasteiger partial charge in [0.1, 0.15) is 19.1 Å². The largest absolute Gasteiger partial charge is 0.490 e. The van der Waals surface area contributed by atoms with Gasteiger partial charge in [0.15, 0.2) is 0 Å². The van der Waals surface area contributed by atoms with Crippen LogP contribution in [0.5, 0.6) is 0 Å². The van der Waals surface area contributed by atoms with Gasteiger partial charge in [-0.05, 0) is 25.3 Å². The first-order valence-electron chi connectivity index (χ1n) is 12.6. The average molecular weight is 665 g/mol. The molecule has 5 N–H and O–H groups in total. The topological polar surface area (TPSA) is 291 Å². The molecule has 5 atom stereocenters. The maximum absolute atomic E-state index is 12.3. The molecule has 0 spiro atoms. The van der Waals surface area contributed by atoms with Gasteiger partial charge in [-0.3, -0.25) is 18.9 Å². The molecule has 1 saturated heterocycles. The summed E-state index contributed by atoms with van der Waals surface area (Å²) in [7, 11) is -16.7. The summed E-state index contributed by atoms with van der Waals surface area (Å²) in [4.78, 5) is 65.3. The Morgan fingerprint density at radius 2 is 1.74 bits per heavy atom. The van der Waals surface area contributed by atoms with E-state index in [-0.39, 0.29) is 18.8 Å². The second-order valence-corrected chi connectivity index (χ2v) is 13.5. The normalized spacial score (nSPS) is 21.9. The van der Waals surface area contributed by atoms with Crippen LogP contribution in [-0.2, 0) is 41.1 Å². The van der Waals surface area contributed by atoms with Crippen LogP contribution in [0.4, 0.5) is 0 Å². The van der Waals surface area contributed by atoms with Gasteiger partial charge >= 0.3 is 29.2 Å². The molecule has 0 saturated carbocycles. The first kappa shape index (κ1) is 36.5. The molecule has 2 rings (SSSR count). The number of aromatic amines is 1. The number of ether oxygens (including phenoxy) is 3. The van der Waals surface area contributed by atoms with Crippen molar-refractivity contribution in [3.05, 3.63) is 43.0 Å². The number of rotatable bonds is 20. The number of phosphoric ester groups is 1. The Labute approximate surface area is 239 Å². The molecule has 1 aromatic heterocycles. The molecule has 0 radical (unpaired) electrons. The van der Waals surface area contributed by atoms with Crippen LogP contribution in [0.1, 0.15) is 56.7 Å². The SMILES string of the molecule is Cc1cn([C@H]2C[C@H](OCOCCCCCCCCN=[N+]=[N-])[C@@H](COP(=O)(O)OP(=O)(O)OP(=O)(O)O)O2)c(=O)[nH]c1=O. The van der Waals surface area contributed by atoms with Gasteiger partial charge in [0.2, 0.25) is 0 Å². The molecule has 23 heteroatoms. The van der Waals surface area contributed by atoms with E-state index in [1.54, 1.807) is 0 Å². The summed E-state index contributed by atoms with van der Waals surface area (Å²) in [5.74, 6) is 0. The zero-order chi connectivity index (χ0) is 31.4. The van der Waals surface area contributed by atoms with Crippen molar-refractivity contribution in [1.82, 2.24) is 9.55 Å². The van der Waals surface area contributed by atoms with E-state index in [2.05, 4.69) is 28.2 Å². The molecular weight excluding hydrogens is 631 g/mol. The van der Waals surface area contributed by atoms with Gasteiger partial charge in [0.25, 0.3) is 5.56 Å². The van der Waals surface area contributed by atoms with Crippen LogP contribution >= 0.6 is 23.5 Å². The molecular formula is C19H34N5O15P3. The minimum Gasteiger partial charge on any atom is -0.355 e. The van der Waals surface area contributed by atoms with Crippen molar-refractivity contribution in [2.24, 2.45) is 5.11 Å². The van der Waals surface area contributed by atoms with Crippen molar-refractivity contribution in [2.75, 3.05) is 26.6 Å². The van der Waals surface area contributed by atoms with Crippen molar-refractivity contribution >= 4 is 23.5 Å². The molecule has 2 heterocycles. The number of unbranched alkanes of at least 4 members (excludes halogenated alkanes) is 5. The zero-order valence-electron chi connectivity index (χ0n) is 22.5. The third-order valence-corrected chi connectivity index (χ3v) is 9.48. The Morgan fingerprint density at radius 1 is 1.07 bits per heavy atom. The van der Waals surface area contributed by atoms with Crippen molar-refractivity contribution in [3.8, 4) is 0 Å². The number of nitrogens with zero attached hydrogens (tertiary/aromatic N) is 4. The van der Waals surface area contributed by atoms with Crippen LogP contribution in [0.3, 0.4) is 0 Å². The molecule has 1 aromatic rings. The van der Waals surface area contributed by atoms with Gasteiger partial charge in [-0.25, -0.2) is 18.5 Å². The van der Waals surface area contributed by atoms with Crippen molar-refractivity contribution in [1.29, 1.82) is 0 Å². The number of phosphoric acid groups is 3. The summed E-state index contributed by atoms with van der Waals surface area (Å²) < 4.78 is 64.6. The van der Waals surface area contributed by atoms with E-state index in [4.69, 9.17) is 29.5 Å². The van der Waals surface area contributed by atoms with Gasteiger partial charge in [-0.1, -0.05) is 30.8 Å². The molecule has 1 aliphatic heterocycles. The fraction of sp³-hybridized carbons (Fsp3) is 0.789. The van der Waals surface area contributed by atoms with E-state index >= 15 is 0 Å². The summed E-state index contributed by atoms with van der Waals surface area (Å²) in [5, 5.41) is 3.47. The Morgan fingerprint density at radius 3 is 2.40 bits per heavy atom. The highest BCUT2D eigenvalue weighted by atomic mass is 31.3.